The van der Waals surface area contributed by atoms with Crippen LogP contribution in [0, 0.1) is 5.82 Å². The number of aromatic nitrogens is 3. The molecule has 0 saturated carbocycles. The van der Waals surface area contributed by atoms with Crippen LogP contribution < -0.4 is 4.90 Å². The summed E-state index contributed by atoms with van der Waals surface area (Å²) in [7, 11) is 0. The number of fused-ring (bicyclic) bond motifs is 1. The Morgan fingerprint density at radius 2 is 1.73 bits per heavy atom. The highest BCUT2D eigenvalue weighted by atomic mass is 19.1. The van der Waals surface area contributed by atoms with Gasteiger partial charge in [-0.3, -0.25) is 14.5 Å². The van der Waals surface area contributed by atoms with Crippen molar-refractivity contribution < 1.29 is 18.7 Å². The van der Waals surface area contributed by atoms with Crippen LogP contribution in [-0.2, 0) is 4.74 Å². The fourth-order valence-electron chi connectivity index (χ4n) is 3.99. The summed E-state index contributed by atoms with van der Waals surface area (Å²) in [6.45, 7) is 2.28. The van der Waals surface area contributed by atoms with Crippen molar-refractivity contribution in [1.29, 1.82) is 0 Å². The van der Waals surface area contributed by atoms with E-state index in [4.69, 9.17) is 4.74 Å². The summed E-state index contributed by atoms with van der Waals surface area (Å²) in [5.41, 5.74) is 1.89. The molecule has 3 aromatic rings. The van der Waals surface area contributed by atoms with E-state index in [1.54, 1.807) is 36.4 Å². The quantitative estimate of drug-likeness (QED) is 0.667. The number of ether oxygens (including phenoxy) is 1. The first-order chi connectivity index (χ1) is 14.6. The number of halogens is 1. The van der Waals surface area contributed by atoms with Gasteiger partial charge in [-0.25, -0.2) is 4.39 Å². The maximum Gasteiger partial charge on any atom is 0.262 e. The number of nitrogens with one attached hydrogen (secondary N) is 1. The normalized spacial score (nSPS) is 17.4. The van der Waals surface area contributed by atoms with Gasteiger partial charge >= 0.3 is 0 Å². The van der Waals surface area contributed by atoms with E-state index in [1.807, 2.05) is 4.90 Å². The van der Waals surface area contributed by atoms with Gasteiger partial charge in [0.2, 0.25) is 0 Å². The first kappa shape index (κ1) is 18.4. The Labute approximate surface area is 171 Å². The van der Waals surface area contributed by atoms with E-state index in [1.165, 1.54) is 12.3 Å². The number of carbonyl (C=O) groups excluding carboxylic acids is 2. The second kappa shape index (κ2) is 7.34. The summed E-state index contributed by atoms with van der Waals surface area (Å²) in [6.07, 6.45) is 1.43. The molecule has 1 atom stereocenters. The zero-order valence-corrected chi connectivity index (χ0v) is 15.9. The lowest BCUT2D eigenvalue weighted by atomic mass is 10.0. The number of morpholine rings is 1. The Morgan fingerprint density at radius 3 is 2.33 bits per heavy atom. The molecule has 1 fully saturated rings. The van der Waals surface area contributed by atoms with Crippen molar-refractivity contribution in [2.45, 2.75) is 6.04 Å². The molecule has 2 aromatic carbocycles. The number of aromatic amines is 1. The first-order valence-corrected chi connectivity index (χ1v) is 9.60. The summed E-state index contributed by atoms with van der Waals surface area (Å²) < 4.78 is 20.4. The third-order valence-electron chi connectivity index (χ3n) is 5.44. The van der Waals surface area contributed by atoms with Crippen LogP contribution in [0.5, 0.6) is 0 Å². The predicted octanol–water partition coefficient (Wildman–Crippen LogP) is 2.17. The largest absolute Gasteiger partial charge is 0.378 e. The minimum absolute atomic E-state index is 0.321. The van der Waals surface area contributed by atoms with Gasteiger partial charge in [0, 0.05) is 13.1 Å². The highest BCUT2D eigenvalue weighted by Crippen LogP contribution is 2.36. The molecule has 5 rings (SSSR count). The summed E-state index contributed by atoms with van der Waals surface area (Å²) in [5, 5.41) is 10.4. The van der Waals surface area contributed by atoms with Gasteiger partial charge in [0.25, 0.3) is 11.8 Å². The van der Waals surface area contributed by atoms with Crippen molar-refractivity contribution in [3.05, 3.63) is 76.9 Å². The lowest BCUT2D eigenvalue weighted by molar-refractivity contribution is 0.0605. The maximum atomic E-state index is 15.1. The number of amides is 2. The van der Waals surface area contributed by atoms with Gasteiger partial charge in [0.05, 0.1) is 36.2 Å². The average molecular weight is 407 g/mol. The second-order valence-corrected chi connectivity index (χ2v) is 7.13. The van der Waals surface area contributed by atoms with Gasteiger partial charge in [0.1, 0.15) is 17.6 Å². The minimum Gasteiger partial charge on any atom is -0.378 e. The first-order valence-electron chi connectivity index (χ1n) is 9.60. The third kappa shape index (κ3) is 2.94. The van der Waals surface area contributed by atoms with Gasteiger partial charge < -0.3 is 9.64 Å². The van der Waals surface area contributed by atoms with E-state index >= 15 is 4.39 Å². The maximum absolute atomic E-state index is 15.1. The summed E-state index contributed by atoms with van der Waals surface area (Å²) in [5.74, 6) is -1.32. The zero-order chi connectivity index (χ0) is 20.7. The van der Waals surface area contributed by atoms with Crippen LogP contribution >= 0.6 is 0 Å². The van der Waals surface area contributed by atoms with Crippen LogP contribution in [0.15, 0.2) is 48.7 Å². The molecule has 9 heteroatoms. The van der Waals surface area contributed by atoms with Gasteiger partial charge in [-0.15, -0.1) is 0 Å². The van der Waals surface area contributed by atoms with Crippen molar-refractivity contribution >= 4 is 17.5 Å². The molecule has 30 heavy (non-hydrogen) atoms. The summed E-state index contributed by atoms with van der Waals surface area (Å²) >= 11 is 0. The second-order valence-electron chi connectivity index (χ2n) is 7.13. The smallest absolute Gasteiger partial charge is 0.262 e. The number of H-pyrrole nitrogens is 1. The SMILES string of the molecule is O=C1c2ccccc2C(=O)N1C(c1ccc(N2CCOCC2)c(F)c1)c1cn[nH]n1. The molecule has 152 valence electrons. The van der Waals surface area contributed by atoms with Crippen LogP contribution in [0.4, 0.5) is 10.1 Å². The molecular weight excluding hydrogens is 389 g/mol. The van der Waals surface area contributed by atoms with E-state index < -0.39 is 23.7 Å². The number of hydrogen-bond donors (Lipinski definition) is 1. The number of carbonyl (C=O) groups is 2. The molecular formula is C21H18FN5O3. The van der Waals surface area contributed by atoms with E-state index in [9.17, 15) is 9.59 Å². The van der Waals surface area contributed by atoms with Gasteiger partial charge in [-0.2, -0.15) is 15.4 Å². The molecule has 8 nitrogen and oxygen atoms in total. The summed E-state index contributed by atoms with van der Waals surface area (Å²) in [4.78, 5) is 29.1. The molecule has 1 unspecified atom stereocenters. The summed E-state index contributed by atoms with van der Waals surface area (Å²) in [6, 6.07) is 10.5. The van der Waals surface area contributed by atoms with Gasteiger partial charge in [-0.1, -0.05) is 18.2 Å². The molecule has 0 spiro atoms. The van der Waals surface area contributed by atoms with E-state index in [2.05, 4.69) is 15.4 Å². The Morgan fingerprint density at radius 1 is 1.03 bits per heavy atom. The molecule has 0 radical (unpaired) electrons. The highest BCUT2D eigenvalue weighted by molar-refractivity contribution is 6.21. The molecule has 1 saturated heterocycles. The van der Waals surface area contributed by atoms with Crippen molar-refractivity contribution in [3.8, 4) is 0 Å². The predicted molar refractivity (Wildman–Crippen MR) is 105 cm³/mol. The molecule has 2 aliphatic rings. The lowest BCUT2D eigenvalue weighted by Gasteiger charge is -2.30. The average Bonchev–Trinajstić information content (AvgIpc) is 3.39. The highest BCUT2D eigenvalue weighted by Gasteiger charge is 2.42. The van der Waals surface area contributed by atoms with Crippen LogP contribution in [0.1, 0.15) is 38.0 Å². The fourth-order valence-corrected chi connectivity index (χ4v) is 3.99. The molecule has 0 aliphatic carbocycles. The Balaban J connectivity index is 1.56. The molecule has 1 aromatic heterocycles. The molecule has 0 bridgehead atoms. The molecule has 2 amide bonds. The van der Waals surface area contributed by atoms with Crippen LogP contribution in [0.3, 0.4) is 0 Å². The van der Waals surface area contributed by atoms with Crippen molar-refractivity contribution in [2.24, 2.45) is 0 Å². The number of benzene rings is 2. The monoisotopic (exact) mass is 407 g/mol. The molecule has 1 N–H and O–H groups in total. The van der Waals surface area contributed by atoms with Crippen molar-refractivity contribution in [2.75, 3.05) is 31.2 Å². The lowest BCUT2D eigenvalue weighted by Crippen LogP contribution is -2.37. The van der Waals surface area contributed by atoms with E-state index in [0.717, 1.165) is 4.90 Å². The number of hydrogen-bond acceptors (Lipinski definition) is 6. The van der Waals surface area contributed by atoms with E-state index in [-0.39, 0.29) is 0 Å². The Kier molecular flexibility index (Phi) is 4.51. The zero-order valence-electron chi connectivity index (χ0n) is 15.9. The topological polar surface area (TPSA) is 91.4 Å². The third-order valence-corrected chi connectivity index (χ3v) is 5.44. The molecule has 2 aliphatic heterocycles. The number of nitrogens with zero attached hydrogens (tertiary/aromatic N) is 4. The van der Waals surface area contributed by atoms with Gasteiger partial charge in [-0.05, 0) is 29.8 Å². The standard InChI is InChI=1S/C21H18FN5O3/c22-16-11-13(5-6-18(16)26-7-9-30-10-8-26)19(17-12-23-25-24-17)27-20(28)14-3-1-2-4-15(14)21(27)29/h1-6,11-12,19H,7-10H2,(H,23,24,25). The van der Waals surface area contributed by atoms with Crippen molar-refractivity contribution in [3.63, 3.8) is 0 Å². The number of imide groups is 1. The Bertz CT molecular complexity index is 1080. The van der Waals surface area contributed by atoms with Crippen LogP contribution in [0.2, 0.25) is 0 Å². The van der Waals surface area contributed by atoms with Crippen LogP contribution in [-0.4, -0.2) is 58.4 Å². The molecule has 3 heterocycles. The number of rotatable bonds is 4. The number of anilines is 1. The fraction of sp³-hybridized carbons (Fsp3) is 0.238. The van der Waals surface area contributed by atoms with E-state index in [0.29, 0.717) is 54.4 Å². The minimum atomic E-state index is -0.899. The van der Waals surface area contributed by atoms with Crippen LogP contribution in [0.25, 0.3) is 0 Å². The Hall–Kier alpha value is -3.59. The van der Waals surface area contributed by atoms with Gasteiger partial charge in [0.15, 0.2) is 0 Å². The van der Waals surface area contributed by atoms with Crippen molar-refractivity contribution in [1.82, 2.24) is 20.3 Å².